The third-order valence-electron chi connectivity index (χ3n) is 6.10. The number of carbonyl (C=O) groups is 2. The van der Waals surface area contributed by atoms with E-state index in [0.717, 1.165) is 22.6 Å². The van der Waals surface area contributed by atoms with E-state index < -0.39 is 12.6 Å². The van der Waals surface area contributed by atoms with Crippen molar-refractivity contribution in [3.8, 4) is 5.75 Å². The lowest BCUT2D eigenvalue weighted by Gasteiger charge is -2.30. The highest BCUT2D eigenvalue weighted by molar-refractivity contribution is 7.09. The molecule has 5 rings (SSSR count). The molecule has 1 aliphatic heterocycles. The highest BCUT2D eigenvalue weighted by atomic mass is 35.5. The standard InChI is InChI=1S/C24H21ClN2O4S/c25-14-6-7-19(31-11-20(28)29)17(8-14)21-24-22(27-12-32-24)18(10-26-21)23(30)16-9-15(16)13-4-2-1-3-5-13/h1-8,12,15-16,18,21,26H,9-11H2,(H,28,29)/t15-,16+,18-,21?/m1/s1. The molecular formula is C24H21ClN2O4S. The number of hydrogen-bond acceptors (Lipinski definition) is 6. The first-order chi connectivity index (χ1) is 15.5. The lowest BCUT2D eigenvalue weighted by atomic mass is 9.88. The molecule has 0 radical (unpaired) electrons. The van der Waals surface area contributed by atoms with E-state index in [1.54, 1.807) is 23.7 Å². The molecular weight excluding hydrogens is 448 g/mol. The van der Waals surface area contributed by atoms with Crippen LogP contribution < -0.4 is 10.1 Å². The molecule has 8 heteroatoms. The summed E-state index contributed by atoms with van der Waals surface area (Å²) in [5.41, 5.74) is 4.51. The quantitative estimate of drug-likeness (QED) is 0.534. The highest BCUT2D eigenvalue weighted by Crippen LogP contribution is 2.51. The van der Waals surface area contributed by atoms with Crippen molar-refractivity contribution in [2.75, 3.05) is 13.2 Å². The minimum absolute atomic E-state index is 0.0240. The van der Waals surface area contributed by atoms with Crippen LogP contribution in [0.15, 0.2) is 54.0 Å². The van der Waals surface area contributed by atoms with Crippen LogP contribution in [0.25, 0.3) is 0 Å². The van der Waals surface area contributed by atoms with Crippen LogP contribution in [-0.4, -0.2) is 35.0 Å². The summed E-state index contributed by atoms with van der Waals surface area (Å²) in [5.74, 6) is -0.364. The van der Waals surface area contributed by atoms with Crippen molar-refractivity contribution in [2.24, 2.45) is 5.92 Å². The Morgan fingerprint density at radius 1 is 1.22 bits per heavy atom. The molecule has 0 spiro atoms. The van der Waals surface area contributed by atoms with Gasteiger partial charge in [0, 0.05) is 23.0 Å². The fourth-order valence-corrected chi connectivity index (χ4v) is 5.63. The fraction of sp³-hybridized carbons (Fsp3) is 0.292. The van der Waals surface area contributed by atoms with Gasteiger partial charge in [-0.05, 0) is 36.1 Å². The van der Waals surface area contributed by atoms with Gasteiger partial charge in [0.1, 0.15) is 11.5 Å². The number of carbonyl (C=O) groups excluding carboxylic acids is 1. The van der Waals surface area contributed by atoms with Gasteiger partial charge < -0.3 is 15.2 Å². The van der Waals surface area contributed by atoms with Gasteiger partial charge >= 0.3 is 5.97 Å². The van der Waals surface area contributed by atoms with Gasteiger partial charge in [0.05, 0.1) is 28.0 Å². The number of fused-ring (bicyclic) bond motifs is 1. The summed E-state index contributed by atoms with van der Waals surface area (Å²) in [7, 11) is 0. The molecule has 3 aromatic rings. The maximum atomic E-state index is 13.4. The van der Waals surface area contributed by atoms with Gasteiger partial charge in [0.25, 0.3) is 0 Å². The predicted molar refractivity (Wildman–Crippen MR) is 122 cm³/mol. The zero-order valence-electron chi connectivity index (χ0n) is 17.0. The number of carboxylic acids is 1. The normalized spacial score (nSPS) is 23.9. The van der Waals surface area contributed by atoms with Crippen molar-refractivity contribution in [1.29, 1.82) is 0 Å². The average Bonchev–Trinajstić information content (AvgIpc) is 3.45. The maximum absolute atomic E-state index is 13.4. The summed E-state index contributed by atoms with van der Waals surface area (Å²) < 4.78 is 5.50. The number of nitrogens with one attached hydrogen (secondary N) is 1. The van der Waals surface area contributed by atoms with Crippen molar-refractivity contribution < 1.29 is 19.4 Å². The van der Waals surface area contributed by atoms with Gasteiger partial charge in [-0.2, -0.15) is 0 Å². The molecule has 164 valence electrons. The van der Waals surface area contributed by atoms with Gasteiger partial charge in [0.2, 0.25) is 0 Å². The van der Waals surface area contributed by atoms with E-state index in [-0.39, 0.29) is 29.6 Å². The summed E-state index contributed by atoms with van der Waals surface area (Å²) in [6, 6.07) is 15.0. The first-order valence-corrected chi connectivity index (χ1v) is 11.7. The zero-order valence-corrected chi connectivity index (χ0v) is 18.6. The third kappa shape index (κ3) is 4.03. The summed E-state index contributed by atoms with van der Waals surface area (Å²) in [4.78, 5) is 29.8. The molecule has 2 N–H and O–H groups in total. The molecule has 2 heterocycles. The van der Waals surface area contributed by atoms with Crippen molar-refractivity contribution in [1.82, 2.24) is 10.3 Å². The number of benzene rings is 2. The Morgan fingerprint density at radius 3 is 2.81 bits per heavy atom. The number of hydrogen-bond donors (Lipinski definition) is 2. The van der Waals surface area contributed by atoms with E-state index in [1.165, 1.54) is 16.9 Å². The molecule has 1 unspecified atom stereocenters. The van der Waals surface area contributed by atoms with Gasteiger partial charge in [-0.15, -0.1) is 11.3 Å². The van der Waals surface area contributed by atoms with Crippen LogP contribution in [0.1, 0.15) is 46.0 Å². The van der Waals surface area contributed by atoms with Crippen molar-refractivity contribution >= 4 is 34.7 Å². The summed E-state index contributed by atoms with van der Waals surface area (Å²) >= 11 is 7.71. The number of ketones is 1. The zero-order chi connectivity index (χ0) is 22.2. The van der Waals surface area contributed by atoms with E-state index in [2.05, 4.69) is 22.4 Å². The monoisotopic (exact) mass is 468 g/mol. The highest BCUT2D eigenvalue weighted by Gasteiger charge is 2.48. The second-order valence-corrected chi connectivity index (χ2v) is 9.44. The molecule has 4 atom stereocenters. The average molecular weight is 469 g/mol. The molecule has 6 nitrogen and oxygen atoms in total. The van der Waals surface area contributed by atoms with E-state index >= 15 is 0 Å². The van der Waals surface area contributed by atoms with E-state index in [0.29, 0.717) is 17.3 Å². The van der Waals surface area contributed by atoms with Crippen molar-refractivity contribution in [3.63, 3.8) is 0 Å². The Bertz CT molecular complexity index is 1170. The number of thiazole rings is 1. The van der Waals surface area contributed by atoms with Crippen LogP contribution in [0.4, 0.5) is 0 Å². The van der Waals surface area contributed by atoms with Crippen LogP contribution in [-0.2, 0) is 9.59 Å². The number of halogens is 1. The van der Waals surface area contributed by atoms with Gasteiger partial charge in [-0.3, -0.25) is 4.79 Å². The molecule has 0 bridgehead atoms. The van der Waals surface area contributed by atoms with E-state index in [1.807, 2.05) is 18.2 Å². The van der Waals surface area contributed by atoms with Crippen molar-refractivity contribution in [2.45, 2.75) is 24.3 Å². The summed E-state index contributed by atoms with van der Waals surface area (Å²) in [6.45, 7) is 0.0176. The number of ether oxygens (including phenoxy) is 1. The molecule has 32 heavy (non-hydrogen) atoms. The smallest absolute Gasteiger partial charge is 0.341 e. The van der Waals surface area contributed by atoms with Crippen LogP contribution in [0.3, 0.4) is 0 Å². The van der Waals surface area contributed by atoms with E-state index in [9.17, 15) is 9.59 Å². The Hall–Kier alpha value is -2.74. The first kappa shape index (κ1) is 21.1. The Kier molecular flexibility index (Phi) is 5.71. The second kappa shape index (κ2) is 8.65. The molecule has 1 aromatic heterocycles. The number of rotatable bonds is 7. The molecule has 1 aliphatic carbocycles. The summed E-state index contributed by atoms with van der Waals surface area (Å²) in [5, 5.41) is 13.0. The summed E-state index contributed by atoms with van der Waals surface area (Å²) in [6.07, 6.45) is 0.879. The molecule has 1 fully saturated rings. The van der Waals surface area contributed by atoms with Gasteiger partial charge in [0.15, 0.2) is 6.61 Å². The van der Waals surface area contributed by atoms with Crippen LogP contribution in [0.5, 0.6) is 5.75 Å². The number of Topliss-reactive ketones (excluding diaryl/α,β-unsaturated/α-hetero) is 1. The maximum Gasteiger partial charge on any atom is 0.341 e. The first-order valence-electron chi connectivity index (χ1n) is 10.4. The number of aliphatic carboxylic acids is 1. The second-order valence-electron chi connectivity index (χ2n) is 8.12. The molecule has 2 aliphatic rings. The van der Waals surface area contributed by atoms with Crippen LogP contribution >= 0.6 is 22.9 Å². The SMILES string of the molecule is O=C(O)COc1ccc(Cl)cc1C1NC[C@@H](C(=O)[C@H]2C[C@@H]2c2ccccc2)c2ncsc21. The number of nitrogens with zero attached hydrogens (tertiary/aromatic N) is 1. The lowest BCUT2D eigenvalue weighted by Crippen LogP contribution is -2.37. The van der Waals surface area contributed by atoms with Gasteiger partial charge in [-0.1, -0.05) is 41.9 Å². The predicted octanol–water partition coefficient (Wildman–Crippen LogP) is 4.41. The molecule has 0 amide bonds. The van der Waals surface area contributed by atoms with E-state index in [4.69, 9.17) is 21.4 Å². The van der Waals surface area contributed by atoms with Gasteiger partial charge in [-0.25, -0.2) is 9.78 Å². The Labute approximate surface area is 194 Å². The lowest BCUT2D eigenvalue weighted by molar-refractivity contribution is -0.139. The third-order valence-corrected chi connectivity index (χ3v) is 7.25. The number of aromatic nitrogens is 1. The molecule has 1 saturated carbocycles. The number of carboxylic acid groups (broad SMARTS) is 1. The minimum atomic E-state index is -1.05. The Balaban J connectivity index is 1.40. The Morgan fingerprint density at radius 2 is 2.03 bits per heavy atom. The van der Waals surface area contributed by atoms with Crippen LogP contribution in [0, 0.1) is 5.92 Å². The molecule has 0 saturated heterocycles. The fourth-order valence-electron chi connectivity index (χ4n) is 4.51. The van der Waals surface area contributed by atoms with Crippen LogP contribution in [0.2, 0.25) is 5.02 Å². The van der Waals surface area contributed by atoms with Crippen molar-refractivity contribution in [3.05, 3.63) is 80.8 Å². The topological polar surface area (TPSA) is 88.5 Å². The largest absolute Gasteiger partial charge is 0.482 e. The molecule has 2 aromatic carbocycles. The minimum Gasteiger partial charge on any atom is -0.482 e.